The molecule has 1 aliphatic rings. The topological polar surface area (TPSA) is 70.0 Å². The summed E-state index contributed by atoms with van der Waals surface area (Å²) in [4.78, 5) is 0.275. The van der Waals surface area contributed by atoms with Gasteiger partial charge < -0.3 is 0 Å². The molecule has 4 nitrogen and oxygen atoms in total. The molecular formula is C15H20N2O2S. The van der Waals surface area contributed by atoms with Crippen LogP contribution in [0.5, 0.6) is 0 Å². The highest BCUT2D eigenvalue weighted by Gasteiger charge is 2.26. The van der Waals surface area contributed by atoms with E-state index in [2.05, 4.69) is 11.6 Å². The van der Waals surface area contributed by atoms with E-state index in [0.29, 0.717) is 12.3 Å². The van der Waals surface area contributed by atoms with Crippen molar-refractivity contribution in [3.63, 3.8) is 0 Å². The number of hydrogen-bond donors (Lipinski definition) is 1. The van der Waals surface area contributed by atoms with Gasteiger partial charge in [-0.05, 0) is 36.5 Å². The van der Waals surface area contributed by atoms with Crippen LogP contribution in [0.25, 0.3) is 0 Å². The van der Waals surface area contributed by atoms with Crippen LogP contribution in [0.4, 0.5) is 0 Å². The molecule has 1 fully saturated rings. The van der Waals surface area contributed by atoms with Gasteiger partial charge in [0.15, 0.2) is 0 Å². The van der Waals surface area contributed by atoms with E-state index in [-0.39, 0.29) is 10.9 Å². The lowest BCUT2D eigenvalue weighted by molar-refractivity contribution is 0.310. The largest absolute Gasteiger partial charge is 0.240 e. The normalized spacial score (nSPS) is 23.2. The maximum Gasteiger partial charge on any atom is 0.240 e. The lowest BCUT2D eigenvalue weighted by Gasteiger charge is -2.29. The van der Waals surface area contributed by atoms with E-state index in [1.165, 1.54) is 6.42 Å². The van der Waals surface area contributed by atoms with Gasteiger partial charge in [-0.25, -0.2) is 13.1 Å². The first-order chi connectivity index (χ1) is 9.53. The van der Waals surface area contributed by atoms with Gasteiger partial charge in [-0.3, -0.25) is 0 Å². The van der Waals surface area contributed by atoms with E-state index in [1.54, 1.807) is 24.3 Å². The fraction of sp³-hybridized carbons (Fsp3) is 0.533. The number of rotatable bonds is 4. The average Bonchev–Trinajstić information content (AvgIpc) is 2.42. The second-order valence-corrected chi connectivity index (χ2v) is 7.18. The minimum atomic E-state index is -3.46. The molecule has 0 heterocycles. The molecule has 0 aromatic heterocycles. The zero-order valence-corrected chi connectivity index (χ0v) is 12.5. The molecule has 1 N–H and O–H groups in total. The molecular weight excluding hydrogens is 272 g/mol. The maximum absolute atomic E-state index is 12.3. The molecule has 1 aromatic rings. The molecule has 0 radical (unpaired) electrons. The van der Waals surface area contributed by atoms with Crippen LogP contribution in [0.1, 0.15) is 38.2 Å². The third-order valence-corrected chi connectivity index (χ3v) is 5.44. The molecule has 2 rings (SSSR count). The van der Waals surface area contributed by atoms with Crippen LogP contribution in [-0.2, 0) is 16.4 Å². The lowest BCUT2D eigenvalue weighted by Crippen LogP contribution is -2.40. The molecule has 0 saturated heterocycles. The monoisotopic (exact) mass is 292 g/mol. The summed E-state index contributed by atoms with van der Waals surface area (Å²) in [7, 11) is -3.46. The van der Waals surface area contributed by atoms with E-state index in [1.807, 2.05) is 6.07 Å². The fourth-order valence-electron chi connectivity index (χ4n) is 2.64. The molecule has 108 valence electrons. The number of nitrogens with zero attached hydrogens (tertiary/aromatic N) is 1. The predicted octanol–water partition coefficient (Wildman–Crippen LogP) is 2.61. The quantitative estimate of drug-likeness (QED) is 0.927. The summed E-state index contributed by atoms with van der Waals surface area (Å²) in [5, 5.41) is 8.61. The van der Waals surface area contributed by atoms with Gasteiger partial charge in [-0.1, -0.05) is 31.9 Å². The Labute approximate surface area is 120 Å². The molecule has 0 amide bonds. The van der Waals surface area contributed by atoms with Gasteiger partial charge in [0, 0.05) is 6.04 Å². The van der Waals surface area contributed by atoms with Crippen molar-refractivity contribution in [2.24, 2.45) is 5.92 Å². The zero-order valence-electron chi connectivity index (χ0n) is 11.7. The first-order valence-corrected chi connectivity index (χ1v) is 8.49. The Hall–Kier alpha value is -1.38. The second kappa shape index (κ2) is 6.38. The van der Waals surface area contributed by atoms with E-state index in [4.69, 9.17) is 5.26 Å². The van der Waals surface area contributed by atoms with Crippen molar-refractivity contribution in [1.29, 1.82) is 5.26 Å². The van der Waals surface area contributed by atoms with Crippen LogP contribution in [0.3, 0.4) is 0 Å². The van der Waals surface area contributed by atoms with E-state index < -0.39 is 10.0 Å². The Morgan fingerprint density at radius 2 is 1.90 bits per heavy atom. The summed E-state index contributed by atoms with van der Waals surface area (Å²) in [5.41, 5.74) is 0.831. The Kier molecular flexibility index (Phi) is 4.79. The molecule has 2 unspecified atom stereocenters. The highest BCUT2D eigenvalue weighted by molar-refractivity contribution is 7.89. The van der Waals surface area contributed by atoms with Gasteiger partial charge in [0.05, 0.1) is 17.4 Å². The molecule has 1 aromatic carbocycles. The van der Waals surface area contributed by atoms with Crippen molar-refractivity contribution in [2.45, 2.75) is 50.0 Å². The van der Waals surface area contributed by atoms with Crippen LogP contribution in [0, 0.1) is 17.2 Å². The third kappa shape index (κ3) is 3.59. The van der Waals surface area contributed by atoms with Gasteiger partial charge in [0.2, 0.25) is 10.0 Å². The summed E-state index contributed by atoms with van der Waals surface area (Å²) in [6.45, 7) is 2.10. The van der Waals surface area contributed by atoms with Crippen molar-refractivity contribution >= 4 is 10.0 Å². The first-order valence-electron chi connectivity index (χ1n) is 7.01. The molecule has 0 aliphatic heterocycles. The maximum atomic E-state index is 12.3. The summed E-state index contributed by atoms with van der Waals surface area (Å²) < 4.78 is 27.5. The Morgan fingerprint density at radius 3 is 2.50 bits per heavy atom. The van der Waals surface area contributed by atoms with E-state index in [0.717, 1.165) is 24.8 Å². The van der Waals surface area contributed by atoms with Crippen molar-refractivity contribution in [3.05, 3.63) is 29.8 Å². The Balaban J connectivity index is 2.11. The summed E-state index contributed by atoms with van der Waals surface area (Å²) in [5.74, 6) is 0.386. The van der Waals surface area contributed by atoms with Gasteiger partial charge >= 0.3 is 0 Å². The number of nitriles is 1. The van der Waals surface area contributed by atoms with E-state index in [9.17, 15) is 8.42 Å². The Morgan fingerprint density at radius 1 is 1.25 bits per heavy atom. The van der Waals surface area contributed by atoms with E-state index >= 15 is 0 Å². The van der Waals surface area contributed by atoms with Crippen molar-refractivity contribution in [3.8, 4) is 6.07 Å². The van der Waals surface area contributed by atoms with Gasteiger partial charge in [-0.2, -0.15) is 5.26 Å². The van der Waals surface area contributed by atoms with Crippen LogP contribution in [0.15, 0.2) is 29.2 Å². The number of nitrogens with one attached hydrogen (secondary N) is 1. The highest BCUT2D eigenvalue weighted by Crippen LogP contribution is 2.25. The fourth-order valence-corrected chi connectivity index (χ4v) is 4.02. The van der Waals surface area contributed by atoms with Crippen molar-refractivity contribution < 1.29 is 8.42 Å². The SMILES string of the molecule is CC1CCCCC1NS(=O)(=O)c1ccc(CC#N)cc1. The standard InChI is InChI=1S/C15H20N2O2S/c1-12-4-2-3-5-15(12)17-20(18,19)14-8-6-13(7-9-14)10-11-16/h6-9,12,15,17H,2-5,10H2,1H3. The predicted molar refractivity (Wildman–Crippen MR) is 77.5 cm³/mol. The number of hydrogen-bond acceptors (Lipinski definition) is 3. The zero-order chi connectivity index (χ0) is 14.6. The molecule has 5 heteroatoms. The Bertz CT molecular complexity index is 587. The van der Waals surface area contributed by atoms with Crippen molar-refractivity contribution in [1.82, 2.24) is 4.72 Å². The minimum absolute atomic E-state index is 0.0348. The van der Waals surface area contributed by atoms with Gasteiger partial charge in [0.1, 0.15) is 0 Å². The summed E-state index contributed by atoms with van der Waals surface area (Å²) in [6, 6.07) is 8.62. The third-order valence-electron chi connectivity index (χ3n) is 3.93. The van der Waals surface area contributed by atoms with Crippen LogP contribution >= 0.6 is 0 Å². The van der Waals surface area contributed by atoms with Gasteiger partial charge in [0.25, 0.3) is 0 Å². The van der Waals surface area contributed by atoms with Crippen molar-refractivity contribution in [2.75, 3.05) is 0 Å². The number of benzene rings is 1. The van der Waals surface area contributed by atoms with Crippen LogP contribution in [-0.4, -0.2) is 14.5 Å². The summed E-state index contributed by atoms with van der Waals surface area (Å²) >= 11 is 0. The average molecular weight is 292 g/mol. The smallest absolute Gasteiger partial charge is 0.208 e. The second-order valence-electron chi connectivity index (χ2n) is 5.47. The van der Waals surface area contributed by atoms with Crippen LogP contribution < -0.4 is 4.72 Å². The van der Waals surface area contributed by atoms with Crippen LogP contribution in [0.2, 0.25) is 0 Å². The molecule has 1 saturated carbocycles. The van der Waals surface area contributed by atoms with Gasteiger partial charge in [-0.15, -0.1) is 0 Å². The highest BCUT2D eigenvalue weighted by atomic mass is 32.2. The molecule has 20 heavy (non-hydrogen) atoms. The molecule has 0 spiro atoms. The lowest BCUT2D eigenvalue weighted by atomic mass is 9.87. The molecule has 2 atom stereocenters. The minimum Gasteiger partial charge on any atom is -0.208 e. The number of sulfonamides is 1. The summed E-state index contributed by atoms with van der Waals surface area (Å²) in [6.07, 6.45) is 4.55. The first kappa shape index (κ1) is 15.0. The molecule has 1 aliphatic carbocycles. The molecule has 0 bridgehead atoms.